The molecule has 2 nitrogen and oxygen atoms in total. The molecule has 0 aromatic carbocycles. The summed E-state index contributed by atoms with van der Waals surface area (Å²) in [5.74, 6) is 1.83. The maximum absolute atomic E-state index is 11.9. The van der Waals surface area contributed by atoms with E-state index < -0.39 is 0 Å². The van der Waals surface area contributed by atoms with Crippen LogP contribution in [0.3, 0.4) is 0 Å². The first-order chi connectivity index (χ1) is 9.22. The third kappa shape index (κ3) is 7.01. The third-order valence-corrected chi connectivity index (χ3v) is 5.52. The molecule has 3 heteroatoms. The van der Waals surface area contributed by atoms with Crippen molar-refractivity contribution in [2.24, 2.45) is 5.92 Å². The lowest BCUT2D eigenvalue weighted by atomic mass is 9.96. The third-order valence-electron chi connectivity index (χ3n) is 3.93. The van der Waals surface area contributed by atoms with E-state index in [0.717, 1.165) is 19.3 Å². The number of hydrogen-bond acceptors (Lipinski definition) is 3. The molecular formula is C17H32O2S. The van der Waals surface area contributed by atoms with Gasteiger partial charge in [0.1, 0.15) is 5.60 Å². The second kappa shape index (κ2) is 7.72. The molecular weight excluding hydrogens is 268 g/mol. The molecule has 0 aliphatic carbocycles. The van der Waals surface area contributed by atoms with E-state index in [9.17, 15) is 4.79 Å². The normalized spacial score (nSPS) is 23.3. The molecule has 1 saturated heterocycles. The molecule has 0 radical (unpaired) electrons. The number of thioether (sulfide) groups is 1. The van der Waals surface area contributed by atoms with Gasteiger partial charge < -0.3 is 4.74 Å². The van der Waals surface area contributed by atoms with Crippen LogP contribution in [0.1, 0.15) is 79.6 Å². The van der Waals surface area contributed by atoms with Crippen molar-refractivity contribution in [3.05, 3.63) is 0 Å². The van der Waals surface area contributed by atoms with E-state index in [1.807, 2.05) is 13.8 Å². The van der Waals surface area contributed by atoms with Crippen molar-refractivity contribution < 1.29 is 9.53 Å². The van der Waals surface area contributed by atoms with Gasteiger partial charge in [-0.05, 0) is 57.6 Å². The van der Waals surface area contributed by atoms with E-state index >= 15 is 0 Å². The van der Waals surface area contributed by atoms with E-state index in [1.54, 1.807) is 0 Å². The Bertz CT molecular complexity index is 304. The minimum atomic E-state index is -0.321. The molecule has 1 atom stereocenters. The molecule has 0 N–H and O–H groups in total. The summed E-state index contributed by atoms with van der Waals surface area (Å²) >= 11 is 2.10. The van der Waals surface area contributed by atoms with Crippen LogP contribution in [0.25, 0.3) is 0 Å². The summed E-state index contributed by atoms with van der Waals surface area (Å²) in [6, 6.07) is 0. The largest absolute Gasteiger partial charge is 0.460 e. The molecule has 0 spiro atoms. The number of carbonyl (C=O) groups is 1. The van der Waals surface area contributed by atoms with E-state index in [4.69, 9.17) is 4.74 Å². The molecule has 1 heterocycles. The van der Waals surface area contributed by atoms with Gasteiger partial charge in [0.15, 0.2) is 0 Å². The topological polar surface area (TPSA) is 26.3 Å². The molecule has 0 aromatic rings. The van der Waals surface area contributed by atoms with Crippen LogP contribution in [0.4, 0.5) is 0 Å². The summed E-state index contributed by atoms with van der Waals surface area (Å²) in [4.78, 5) is 11.9. The van der Waals surface area contributed by atoms with E-state index in [-0.39, 0.29) is 11.6 Å². The monoisotopic (exact) mass is 300 g/mol. The van der Waals surface area contributed by atoms with Crippen LogP contribution in [-0.4, -0.2) is 22.1 Å². The molecule has 0 amide bonds. The van der Waals surface area contributed by atoms with Crippen molar-refractivity contribution in [1.29, 1.82) is 0 Å². The van der Waals surface area contributed by atoms with Crippen LogP contribution in [0.15, 0.2) is 0 Å². The van der Waals surface area contributed by atoms with Crippen LogP contribution < -0.4 is 0 Å². The summed E-state index contributed by atoms with van der Waals surface area (Å²) in [5.41, 5.74) is -0.321. The quantitative estimate of drug-likeness (QED) is 0.455. The van der Waals surface area contributed by atoms with Gasteiger partial charge in [-0.25, -0.2) is 0 Å². The zero-order chi connectivity index (χ0) is 15.2. The summed E-state index contributed by atoms with van der Waals surface area (Å²) < 4.78 is 6.07. The Morgan fingerprint density at radius 2 is 2.05 bits per heavy atom. The average molecular weight is 301 g/mol. The van der Waals surface area contributed by atoms with Crippen LogP contribution in [-0.2, 0) is 9.53 Å². The first-order valence-electron chi connectivity index (χ1n) is 8.08. The molecule has 1 aliphatic rings. The molecule has 0 saturated carbocycles. The number of ether oxygens (including phenoxy) is 1. The molecule has 1 aliphatic heterocycles. The van der Waals surface area contributed by atoms with Gasteiger partial charge in [-0.15, -0.1) is 0 Å². The number of rotatable bonds is 8. The number of hydrogen-bond donors (Lipinski definition) is 0. The van der Waals surface area contributed by atoms with Gasteiger partial charge in [0.2, 0.25) is 0 Å². The van der Waals surface area contributed by atoms with Crippen molar-refractivity contribution in [3.63, 3.8) is 0 Å². The number of unbranched alkanes of at least 4 members (excludes halogenated alkanes) is 1. The Balaban J connectivity index is 2.16. The summed E-state index contributed by atoms with van der Waals surface area (Å²) in [5, 5.41) is 0. The van der Waals surface area contributed by atoms with Gasteiger partial charge >= 0.3 is 5.97 Å². The van der Waals surface area contributed by atoms with Crippen molar-refractivity contribution in [2.75, 3.05) is 5.75 Å². The zero-order valence-corrected chi connectivity index (χ0v) is 14.8. The van der Waals surface area contributed by atoms with E-state index in [2.05, 4.69) is 32.5 Å². The molecule has 118 valence electrons. The highest BCUT2D eigenvalue weighted by Crippen LogP contribution is 2.41. The lowest BCUT2D eigenvalue weighted by molar-refractivity contribution is -0.157. The average Bonchev–Trinajstić information content (AvgIpc) is 2.69. The van der Waals surface area contributed by atoms with Gasteiger partial charge in [-0.2, -0.15) is 11.8 Å². The van der Waals surface area contributed by atoms with Crippen LogP contribution >= 0.6 is 11.8 Å². The number of esters is 1. The Morgan fingerprint density at radius 1 is 1.35 bits per heavy atom. The highest BCUT2D eigenvalue weighted by molar-refractivity contribution is 8.00. The van der Waals surface area contributed by atoms with Crippen LogP contribution in [0.2, 0.25) is 0 Å². The number of carbonyl (C=O) groups excluding carboxylic acids is 1. The Labute approximate surface area is 129 Å². The second-order valence-corrected chi connectivity index (χ2v) is 9.12. The van der Waals surface area contributed by atoms with Gasteiger partial charge in [-0.1, -0.05) is 27.2 Å². The predicted octanol–water partition coefficient (Wildman–Crippen LogP) is 5.20. The highest BCUT2D eigenvalue weighted by Gasteiger charge is 2.29. The maximum atomic E-state index is 11.9. The summed E-state index contributed by atoms with van der Waals surface area (Å²) in [6.07, 6.45) is 7.53. The second-order valence-electron chi connectivity index (χ2n) is 7.44. The SMILES string of the molecule is CC(C)CC(C)(C)OC(=O)CCCC[C@]1(C)CCCS1. The lowest BCUT2D eigenvalue weighted by Gasteiger charge is -2.27. The fourth-order valence-electron chi connectivity index (χ4n) is 3.19. The Morgan fingerprint density at radius 3 is 2.60 bits per heavy atom. The predicted molar refractivity (Wildman–Crippen MR) is 88.2 cm³/mol. The summed E-state index contributed by atoms with van der Waals surface area (Å²) in [6.45, 7) is 10.7. The zero-order valence-electron chi connectivity index (χ0n) is 14.0. The van der Waals surface area contributed by atoms with Crippen LogP contribution in [0.5, 0.6) is 0 Å². The van der Waals surface area contributed by atoms with Crippen LogP contribution in [0, 0.1) is 5.92 Å². The van der Waals surface area contributed by atoms with Crippen molar-refractivity contribution >= 4 is 17.7 Å². The van der Waals surface area contributed by atoms with Gasteiger partial charge in [-0.3, -0.25) is 4.79 Å². The minimum Gasteiger partial charge on any atom is -0.460 e. The highest BCUT2D eigenvalue weighted by atomic mass is 32.2. The van der Waals surface area contributed by atoms with Crippen molar-refractivity contribution in [3.8, 4) is 0 Å². The molecule has 0 aromatic heterocycles. The fraction of sp³-hybridized carbons (Fsp3) is 0.941. The van der Waals surface area contributed by atoms with Gasteiger partial charge in [0.05, 0.1) is 0 Å². The molecule has 0 unspecified atom stereocenters. The molecule has 0 bridgehead atoms. The van der Waals surface area contributed by atoms with Gasteiger partial charge in [0, 0.05) is 11.2 Å². The lowest BCUT2D eigenvalue weighted by Crippen LogP contribution is -2.29. The first-order valence-corrected chi connectivity index (χ1v) is 9.07. The fourth-order valence-corrected chi connectivity index (χ4v) is 4.55. The van der Waals surface area contributed by atoms with E-state index in [0.29, 0.717) is 17.1 Å². The molecule has 20 heavy (non-hydrogen) atoms. The van der Waals surface area contributed by atoms with Gasteiger partial charge in [0.25, 0.3) is 0 Å². The maximum Gasteiger partial charge on any atom is 0.306 e. The molecule has 1 fully saturated rings. The summed E-state index contributed by atoms with van der Waals surface area (Å²) in [7, 11) is 0. The van der Waals surface area contributed by atoms with Crippen molar-refractivity contribution in [2.45, 2.75) is 89.9 Å². The first kappa shape index (κ1) is 17.9. The van der Waals surface area contributed by atoms with E-state index in [1.165, 1.54) is 25.0 Å². The Kier molecular flexibility index (Phi) is 6.90. The standard InChI is InChI=1S/C17H32O2S/c1-14(2)13-16(3,4)19-15(18)9-6-7-10-17(5)11-8-12-20-17/h14H,6-13H2,1-5H3/t17-/m1/s1. The molecule has 1 rings (SSSR count). The van der Waals surface area contributed by atoms with Crippen molar-refractivity contribution in [1.82, 2.24) is 0 Å². The Hall–Kier alpha value is -0.180. The minimum absolute atomic E-state index is 0.0279. The smallest absolute Gasteiger partial charge is 0.306 e.